The molecular formula is C51H32N4S2. The van der Waals surface area contributed by atoms with Gasteiger partial charge < -0.3 is 9.88 Å². The summed E-state index contributed by atoms with van der Waals surface area (Å²) < 4.78 is 7.56. The van der Waals surface area contributed by atoms with Crippen LogP contribution in [0.1, 0.15) is 22.9 Å². The van der Waals surface area contributed by atoms with Crippen LogP contribution >= 0.6 is 22.7 Å². The summed E-state index contributed by atoms with van der Waals surface area (Å²) in [5.74, 6) is 1.56. The maximum atomic E-state index is 5.13. The van der Waals surface area contributed by atoms with Crippen LogP contribution in [0.25, 0.3) is 79.0 Å². The van der Waals surface area contributed by atoms with Gasteiger partial charge in [0.25, 0.3) is 0 Å². The minimum Gasteiger partial charge on any atom is -0.344 e. The van der Waals surface area contributed by atoms with Crippen molar-refractivity contribution in [3.05, 3.63) is 199 Å². The normalized spacial score (nSPS) is 14.5. The molecule has 8 aromatic carbocycles. The molecule has 1 atom stereocenters. The number of nitrogens with one attached hydrogen (secondary N) is 1. The smallest absolute Gasteiger partial charge is 0.159 e. The van der Waals surface area contributed by atoms with E-state index in [-0.39, 0.29) is 6.17 Å². The largest absolute Gasteiger partial charge is 0.344 e. The molecule has 4 nitrogen and oxygen atoms in total. The zero-order chi connectivity index (χ0) is 37.5. The summed E-state index contributed by atoms with van der Waals surface area (Å²) >= 11 is 3.74. The van der Waals surface area contributed by atoms with E-state index in [1.54, 1.807) is 0 Å². The molecule has 0 radical (unpaired) electrons. The van der Waals surface area contributed by atoms with Crippen LogP contribution in [0.2, 0.25) is 0 Å². The second-order valence-electron chi connectivity index (χ2n) is 14.6. The first-order valence-corrected chi connectivity index (χ1v) is 20.8. The van der Waals surface area contributed by atoms with Gasteiger partial charge in [0.1, 0.15) is 12.0 Å². The Balaban J connectivity index is 0.969. The summed E-state index contributed by atoms with van der Waals surface area (Å²) in [6.45, 7) is 0. The molecule has 11 aromatic rings. The van der Waals surface area contributed by atoms with E-state index in [9.17, 15) is 0 Å². The third kappa shape index (κ3) is 5.18. The van der Waals surface area contributed by atoms with Crippen molar-refractivity contribution < 1.29 is 0 Å². The monoisotopic (exact) mass is 764 g/mol. The van der Waals surface area contributed by atoms with Gasteiger partial charge in [-0.3, -0.25) is 0 Å². The fraction of sp³-hybridized carbons (Fsp3) is 0.0196. The van der Waals surface area contributed by atoms with Crippen LogP contribution in [0.4, 0.5) is 0 Å². The van der Waals surface area contributed by atoms with Crippen LogP contribution in [0.3, 0.4) is 0 Å². The molecule has 1 aliphatic heterocycles. The highest BCUT2D eigenvalue weighted by molar-refractivity contribution is 7.27. The fourth-order valence-corrected chi connectivity index (χ4v) is 11.1. The van der Waals surface area contributed by atoms with E-state index in [2.05, 4.69) is 168 Å². The summed E-state index contributed by atoms with van der Waals surface area (Å²) in [7, 11) is 0. The number of nitrogens with zero attached hydrogens (tertiary/aromatic N) is 3. The molecule has 0 amide bonds. The number of hydrogen-bond acceptors (Lipinski definition) is 5. The molecular weight excluding hydrogens is 733 g/mol. The second kappa shape index (κ2) is 12.8. The summed E-state index contributed by atoms with van der Waals surface area (Å²) in [5.41, 5.74) is 9.34. The van der Waals surface area contributed by atoms with Crippen molar-refractivity contribution in [2.75, 3.05) is 0 Å². The van der Waals surface area contributed by atoms with Crippen molar-refractivity contribution in [1.82, 2.24) is 9.88 Å². The van der Waals surface area contributed by atoms with Crippen molar-refractivity contribution in [2.45, 2.75) is 6.17 Å². The highest BCUT2D eigenvalue weighted by Crippen LogP contribution is 2.45. The van der Waals surface area contributed by atoms with Gasteiger partial charge in [-0.15, -0.1) is 22.7 Å². The Kier molecular flexibility index (Phi) is 7.30. The zero-order valence-electron chi connectivity index (χ0n) is 30.6. The third-order valence-corrected chi connectivity index (χ3v) is 13.7. The quantitative estimate of drug-likeness (QED) is 0.186. The van der Waals surface area contributed by atoms with E-state index in [0.717, 1.165) is 28.4 Å². The Labute approximate surface area is 336 Å². The lowest BCUT2D eigenvalue weighted by atomic mass is 10.0. The third-order valence-electron chi connectivity index (χ3n) is 11.3. The van der Waals surface area contributed by atoms with Crippen molar-refractivity contribution in [3.63, 3.8) is 0 Å². The molecule has 268 valence electrons. The van der Waals surface area contributed by atoms with Crippen LogP contribution in [0.15, 0.2) is 192 Å². The summed E-state index contributed by atoms with van der Waals surface area (Å²) in [4.78, 5) is 10.2. The van der Waals surface area contributed by atoms with Gasteiger partial charge >= 0.3 is 0 Å². The molecule has 1 unspecified atom stereocenters. The molecule has 1 N–H and O–H groups in total. The predicted molar refractivity (Wildman–Crippen MR) is 244 cm³/mol. The zero-order valence-corrected chi connectivity index (χ0v) is 32.2. The van der Waals surface area contributed by atoms with Crippen LogP contribution in [0, 0.1) is 0 Å². The summed E-state index contributed by atoms with van der Waals surface area (Å²) in [5, 5.41) is 11.2. The number of para-hydroxylation sites is 2. The number of aromatic nitrogens is 1. The van der Waals surface area contributed by atoms with Crippen LogP contribution < -0.4 is 5.32 Å². The van der Waals surface area contributed by atoms with Crippen molar-refractivity contribution in [3.8, 4) is 16.8 Å². The van der Waals surface area contributed by atoms with E-state index >= 15 is 0 Å². The number of thiophene rings is 2. The number of benzene rings is 8. The lowest BCUT2D eigenvalue weighted by molar-refractivity contribution is 0.674. The molecule has 0 aliphatic carbocycles. The van der Waals surface area contributed by atoms with Crippen molar-refractivity contribution in [2.24, 2.45) is 9.98 Å². The number of hydrogen-bond donors (Lipinski definition) is 1. The molecule has 12 rings (SSSR count). The Hall–Kier alpha value is -6.86. The van der Waals surface area contributed by atoms with Gasteiger partial charge in [-0.2, -0.15) is 0 Å². The molecule has 0 spiro atoms. The second-order valence-corrected chi connectivity index (χ2v) is 16.7. The van der Waals surface area contributed by atoms with E-state index in [0.29, 0.717) is 0 Å². The van der Waals surface area contributed by atoms with E-state index in [1.165, 1.54) is 79.0 Å². The molecule has 57 heavy (non-hydrogen) atoms. The van der Waals surface area contributed by atoms with E-state index in [1.807, 2.05) is 46.9 Å². The summed E-state index contributed by atoms with van der Waals surface area (Å²) in [6.07, 6.45) is -0.232. The van der Waals surface area contributed by atoms with Gasteiger partial charge in [0.05, 0.1) is 21.4 Å². The first kappa shape index (κ1) is 32.4. The maximum Gasteiger partial charge on any atom is 0.159 e. The minimum atomic E-state index is -0.232. The number of amidine groups is 2. The first-order valence-electron chi connectivity index (χ1n) is 19.2. The molecule has 0 bridgehead atoms. The lowest BCUT2D eigenvalue weighted by Crippen LogP contribution is -2.33. The summed E-state index contributed by atoms with van der Waals surface area (Å²) in [6, 6.07) is 65.4. The molecule has 6 heteroatoms. The van der Waals surface area contributed by atoms with Crippen LogP contribution in [-0.4, -0.2) is 16.2 Å². The van der Waals surface area contributed by atoms with E-state index in [4.69, 9.17) is 9.98 Å². The van der Waals surface area contributed by atoms with Crippen LogP contribution in [-0.2, 0) is 0 Å². The average Bonchev–Trinajstić information content (AvgIpc) is 3.96. The highest BCUT2D eigenvalue weighted by atomic mass is 32.1. The average molecular weight is 765 g/mol. The standard InChI is InChI=1S/C51H32N4S2/c1-3-13-31(14-4-1)49-52-50(32-15-5-2-6-16-32)54-51(53-49)34-26-28-39-38-27-25-33(29-45(38)56-46(39)30-34)35-19-11-20-40-41-21-12-24-44(48(41)57-47(35)40)55-42-22-9-7-17-36(42)37-18-8-10-23-43(37)55/h1-30,49H,(H,52,53,54). The molecule has 0 saturated heterocycles. The Morgan fingerprint density at radius 2 is 1.05 bits per heavy atom. The Morgan fingerprint density at radius 3 is 1.79 bits per heavy atom. The van der Waals surface area contributed by atoms with Crippen molar-refractivity contribution in [1.29, 1.82) is 0 Å². The number of aliphatic imine (C=N–C) groups is 2. The number of rotatable bonds is 5. The van der Waals surface area contributed by atoms with Crippen LogP contribution in [0.5, 0.6) is 0 Å². The van der Waals surface area contributed by atoms with Gasteiger partial charge in [0.2, 0.25) is 0 Å². The highest BCUT2D eigenvalue weighted by Gasteiger charge is 2.22. The molecule has 0 saturated carbocycles. The maximum absolute atomic E-state index is 5.13. The fourth-order valence-electron chi connectivity index (χ4n) is 8.60. The van der Waals surface area contributed by atoms with E-state index < -0.39 is 0 Å². The van der Waals surface area contributed by atoms with Gasteiger partial charge in [-0.05, 0) is 47.0 Å². The number of fused-ring (bicyclic) bond motifs is 9. The molecule has 3 aromatic heterocycles. The molecule has 1 aliphatic rings. The topological polar surface area (TPSA) is 41.7 Å². The molecule has 4 heterocycles. The predicted octanol–water partition coefficient (Wildman–Crippen LogP) is 13.7. The van der Waals surface area contributed by atoms with Gasteiger partial charge in [-0.25, -0.2) is 9.98 Å². The SMILES string of the molecule is c1ccc(C2=NC(c3ccc4c(c3)sc3cc(-c5cccc6c5sc5c(-n7c8ccccc8c8ccccc87)cccc56)ccc34)=NC(c3ccccc3)N2)cc1. The Morgan fingerprint density at radius 1 is 0.456 bits per heavy atom. The first-order chi connectivity index (χ1) is 28.2. The lowest BCUT2D eigenvalue weighted by Gasteiger charge is -2.23. The molecule has 0 fully saturated rings. The van der Waals surface area contributed by atoms with Crippen molar-refractivity contribution >= 4 is 96.5 Å². The van der Waals surface area contributed by atoms with Gasteiger partial charge in [0.15, 0.2) is 5.84 Å². The minimum absolute atomic E-state index is 0.232. The van der Waals surface area contributed by atoms with Gasteiger partial charge in [0, 0.05) is 57.5 Å². The Bertz CT molecular complexity index is 3390. The van der Waals surface area contributed by atoms with Gasteiger partial charge in [-0.1, -0.05) is 152 Å².